The van der Waals surface area contributed by atoms with Gasteiger partial charge >= 0.3 is 0 Å². The number of sulfonamides is 1. The van der Waals surface area contributed by atoms with Gasteiger partial charge in [0.05, 0.1) is 23.6 Å². The van der Waals surface area contributed by atoms with Gasteiger partial charge < -0.3 is 15.4 Å². The van der Waals surface area contributed by atoms with Crippen molar-refractivity contribution >= 4 is 45.0 Å². The van der Waals surface area contributed by atoms with Crippen LogP contribution in [0.5, 0.6) is 5.75 Å². The van der Waals surface area contributed by atoms with E-state index in [-0.39, 0.29) is 29.2 Å². The summed E-state index contributed by atoms with van der Waals surface area (Å²) in [5, 5.41) is 8.32. The SMILES string of the molecule is CCOc1ccc(S(=O)(=O)N(C)C)cc1C1(C(=O)N2CCC(C(N)=O)CC2)NC(c2ccc(Cl)cc2)C(c2ccc(Cl)cc2)N1. The summed E-state index contributed by atoms with van der Waals surface area (Å²) in [5.41, 5.74) is 5.97. The molecule has 0 radical (unpaired) electrons. The van der Waals surface area contributed by atoms with Gasteiger partial charge in [-0.05, 0) is 73.4 Å². The van der Waals surface area contributed by atoms with Crippen LogP contribution in [0.4, 0.5) is 0 Å². The Morgan fingerprint density at radius 3 is 1.89 bits per heavy atom. The third kappa shape index (κ3) is 6.56. The molecule has 2 unspecified atom stereocenters. The van der Waals surface area contributed by atoms with E-state index < -0.39 is 27.8 Å². The second-order valence-electron chi connectivity index (χ2n) is 11.4. The Morgan fingerprint density at radius 1 is 0.933 bits per heavy atom. The summed E-state index contributed by atoms with van der Waals surface area (Å²) in [4.78, 5) is 28.6. The van der Waals surface area contributed by atoms with Crippen molar-refractivity contribution in [1.29, 1.82) is 0 Å². The second kappa shape index (κ2) is 13.3. The number of amides is 2. The summed E-state index contributed by atoms with van der Waals surface area (Å²) in [7, 11) is -0.973. The predicted molar refractivity (Wildman–Crippen MR) is 173 cm³/mol. The van der Waals surface area contributed by atoms with E-state index in [9.17, 15) is 18.0 Å². The Kier molecular flexibility index (Phi) is 9.79. The smallest absolute Gasteiger partial charge is 0.262 e. The van der Waals surface area contributed by atoms with Crippen LogP contribution < -0.4 is 21.1 Å². The van der Waals surface area contributed by atoms with Gasteiger partial charge in [-0.25, -0.2) is 12.7 Å². The predicted octanol–water partition coefficient (Wildman–Crippen LogP) is 4.19. The van der Waals surface area contributed by atoms with Gasteiger partial charge in [0.2, 0.25) is 15.9 Å². The molecule has 0 aliphatic carbocycles. The molecule has 2 atom stereocenters. The number of rotatable bonds is 9. The number of nitrogens with zero attached hydrogens (tertiary/aromatic N) is 2. The molecule has 13 heteroatoms. The van der Waals surface area contributed by atoms with Gasteiger partial charge in [-0.1, -0.05) is 47.5 Å². The topological polar surface area (TPSA) is 134 Å². The zero-order chi connectivity index (χ0) is 32.5. The van der Waals surface area contributed by atoms with E-state index in [0.717, 1.165) is 15.4 Å². The number of likely N-dealkylation sites (tertiary alicyclic amines) is 1. The molecular weight excluding hydrogens is 637 g/mol. The van der Waals surface area contributed by atoms with E-state index in [2.05, 4.69) is 10.6 Å². The number of hydrogen-bond donors (Lipinski definition) is 3. The first-order chi connectivity index (χ1) is 21.4. The first-order valence-electron chi connectivity index (χ1n) is 14.7. The number of carbonyl (C=O) groups is 2. The maximum atomic E-state index is 14.9. The molecule has 4 N–H and O–H groups in total. The van der Waals surface area contributed by atoms with Gasteiger partial charge in [-0.3, -0.25) is 20.2 Å². The summed E-state index contributed by atoms with van der Waals surface area (Å²) < 4.78 is 33.9. The van der Waals surface area contributed by atoms with Gasteiger partial charge in [-0.2, -0.15) is 0 Å². The molecular formula is C32H37Cl2N5O5S. The summed E-state index contributed by atoms with van der Waals surface area (Å²) >= 11 is 12.5. The number of ether oxygens (including phenoxy) is 1. The van der Waals surface area contributed by atoms with Crippen molar-refractivity contribution in [2.45, 2.75) is 42.4 Å². The lowest BCUT2D eigenvalue weighted by molar-refractivity contribution is -0.142. The lowest BCUT2D eigenvalue weighted by atomic mass is 9.92. The van der Waals surface area contributed by atoms with E-state index >= 15 is 0 Å². The number of primary amides is 1. The van der Waals surface area contributed by atoms with Gasteiger partial charge in [0, 0.05) is 48.7 Å². The molecule has 45 heavy (non-hydrogen) atoms. The Hall–Kier alpha value is -3.19. The highest BCUT2D eigenvalue weighted by Crippen LogP contribution is 2.45. The van der Waals surface area contributed by atoms with Crippen LogP contribution in [0, 0.1) is 5.92 Å². The van der Waals surface area contributed by atoms with Crippen molar-refractivity contribution in [3.63, 3.8) is 0 Å². The molecule has 5 rings (SSSR count). The molecule has 0 spiro atoms. The fraction of sp³-hybridized carbons (Fsp3) is 0.375. The molecule has 2 fully saturated rings. The summed E-state index contributed by atoms with van der Waals surface area (Å²) in [5.74, 6) is -0.700. The summed E-state index contributed by atoms with van der Waals surface area (Å²) in [6.45, 7) is 2.70. The Balaban J connectivity index is 1.72. The number of halogens is 2. The van der Waals surface area contributed by atoms with Gasteiger partial charge in [0.25, 0.3) is 5.91 Å². The highest BCUT2D eigenvalue weighted by molar-refractivity contribution is 7.89. The number of hydrogen-bond acceptors (Lipinski definition) is 7. The molecule has 2 saturated heterocycles. The summed E-state index contributed by atoms with van der Waals surface area (Å²) in [6, 6.07) is 18.3. The average Bonchev–Trinajstić information content (AvgIpc) is 3.43. The minimum Gasteiger partial charge on any atom is -0.493 e. The first kappa shape index (κ1) is 33.2. The molecule has 0 saturated carbocycles. The lowest BCUT2D eigenvalue weighted by Crippen LogP contribution is -2.60. The highest BCUT2D eigenvalue weighted by atomic mass is 35.5. The minimum atomic E-state index is -3.88. The number of nitrogens with one attached hydrogen (secondary N) is 2. The number of piperidine rings is 1. The monoisotopic (exact) mass is 673 g/mol. The first-order valence-corrected chi connectivity index (χ1v) is 16.9. The van der Waals surface area contributed by atoms with Crippen LogP contribution in [0.1, 0.15) is 48.5 Å². The zero-order valence-electron chi connectivity index (χ0n) is 25.3. The quantitative estimate of drug-likeness (QED) is 0.310. The number of benzene rings is 3. The van der Waals surface area contributed by atoms with Crippen molar-refractivity contribution in [2.24, 2.45) is 11.7 Å². The van der Waals surface area contributed by atoms with Gasteiger partial charge in [0.15, 0.2) is 5.66 Å². The maximum absolute atomic E-state index is 14.9. The fourth-order valence-electron chi connectivity index (χ4n) is 6.02. The third-order valence-electron chi connectivity index (χ3n) is 8.47. The molecule has 2 aliphatic rings. The van der Waals surface area contributed by atoms with Crippen molar-refractivity contribution in [3.05, 3.63) is 93.5 Å². The third-order valence-corrected chi connectivity index (χ3v) is 10.8. The molecule has 2 heterocycles. The molecule has 0 bridgehead atoms. The Labute approximate surface area is 273 Å². The molecule has 3 aromatic carbocycles. The van der Waals surface area contributed by atoms with Crippen LogP contribution in [0.3, 0.4) is 0 Å². The second-order valence-corrected chi connectivity index (χ2v) is 14.5. The molecule has 3 aromatic rings. The number of nitrogens with two attached hydrogens (primary N) is 1. The maximum Gasteiger partial charge on any atom is 0.262 e. The van der Waals surface area contributed by atoms with Gasteiger partial charge in [-0.15, -0.1) is 0 Å². The molecule has 2 amide bonds. The van der Waals surface area contributed by atoms with Gasteiger partial charge in [0.1, 0.15) is 5.75 Å². The zero-order valence-corrected chi connectivity index (χ0v) is 27.6. The summed E-state index contributed by atoms with van der Waals surface area (Å²) in [6.07, 6.45) is 0.845. The van der Waals surface area contributed by atoms with Crippen LogP contribution in [-0.4, -0.2) is 63.2 Å². The molecule has 2 aliphatic heterocycles. The average molecular weight is 675 g/mol. The van der Waals surface area contributed by atoms with Crippen molar-refractivity contribution in [1.82, 2.24) is 19.8 Å². The van der Waals surface area contributed by atoms with Crippen LogP contribution in [-0.2, 0) is 25.3 Å². The van der Waals surface area contributed by atoms with E-state index in [4.69, 9.17) is 33.7 Å². The minimum absolute atomic E-state index is 0.00662. The Bertz CT molecular complexity index is 1610. The van der Waals surface area contributed by atoms with Crippen LogP contribution >= 0.6 is 23.2 Å². The van der Waals surface area contributed by atoms with Crippen LogP contribution in [0.25, 0.3) is 0 Å². The molecule has 10 nitrogen and oxygen atoms in total. The Morgan fingerprint density at radius 2 is 1.44 bits per heavy atom. The molecule has 0 aromatic heterocycles. The van der Waals surface area contributed by atoms with Crippen molar-refractivity contribution in [2.75, 3.05) is 33.8 Å². The van der Waals surface area contributed by atoms with E-state index in [1.54, 1.807) is 35.2 Å². The molecule has 240 valence electrons. The van der Waals surface area contributed by atoms with Crippen LogP contribution in [0.2, 0.25) is 10.0 Å². The fourth-order valence-corrected chi connectivity index (χ4v) is 7.20. The largest absolute Gasteiger partial charge is 0.493 e. The lowest BCUT2D eigenvalue weighted by Gasteiger charge is -2.39. The standard InChI is InChI=1S/C32H37Cl2N5O5S/c1-4-44-27-14-13-25(45(42,43)38(2)3)19-26(27)32(31(41)39-17-15-22(16-18-39)30(35)40)36-28(20-5-9-23(33)10-6-20)29(37-32)21-7-11-24(34)12-8-21/h5-14,19,22,28-29,36-37H,4,15-18H2,1-3H3,(H2,35,40). The van der Waals surface area contributed by atoms with Crippen LogP contribution in [0.15, 0.2) is 71.6 Å². The van der Waals surface area contributed by atoms with E-state index in [1.807, 2.05) is 31.2 Å². The van der Waals surface area contributed by atoms with E-state index in [0.29, 0.717) is 47.3 Å². The highest BCUT2D eigenvalue weighted by Gasteiger charge is 2.55. The van der Waals surface area contributed by atoms with Crippen molar-refractivity contribution in [3.8, 4) is 5.75 Å². The normalized spacial score (nSPS) is 22.5. The number of carbonyl (C=O) groups excluding carboxylic acids is 2. The van der Waals surface area contributed by atoms with E-state index in [1.165, 1.54) is 26.2 Å². The van der Waals surface area contributed by atoms with Crippen molar-refractivity contribution < 1.29 is 22.7 Å².